The van der Waals surface area contributed by atoms with Gasteiger partial charge in [-0.3, -0.25) is 9.78 Å². The highest BCUT2D eigenvalue weighted by atomic mass is 35.5. The average molecular weight is 303 g/mol. The van der Waals surface area contributed by atoms with Gasteiger partial charge >= 0.3 is 0 Å². The molecule has 1 amide bonds. The molecule has 4 heteroatoms. The molecule has 0 unspecified atom stereocenters. The van der Waals surface area contributed by atoms with Gasteiger partial charge in [0.25, 0.3) is 5.91 Å². The van der Waals surface area contributed by atoms with Gasteiger partial charge < -0.3 is 5.32 Å². The van der Waals surface area contributed by atoms with Gasteiger partial charge in [0.1, 0.15) is 0 Å². The second-order valence-electron chi connectivity index (χ2n) is 6.06. The third kappa shape index (κ3) is 3.61. The number of carbonyl (C=O) groups excluding carboxylic acids is 1. The summed E-state index contributed by atoms with van der Waals surface area (Å²) in [6.45, 7) is 8.16. The summed E-state index contributed by atoms with van der Waals surface area (Å²) in [4.78, 5) is 16.5. The molecule has 0 radical (unpaired) electrons. The van der Waals surface area contributed by atoms with Crippen molar-refractivity contribution in [3.63, 3.8) is 0 Å². The molecule has 0 saturated heterocycles. The summed E-state index contributed by atoms with van der Waals surface area (Å²) in [6, 6.07) is 9.47. The zero-order valence-electron chi connectivity index (χ0n) is 12.7. The molecule has 3 nitrogen and oxygen atoms in total. The number of nitrogens with one attached hydrogen (secondary N) is 1. The van der Waals surface area contributed by atoms with Crippen molar-refractivity contribution >= 4 is 23.2 Å². The van der Waals surface area contributed by atoms with Crippen LogP contribution in [0.4, 0.5) is 5.69 Å². The van der Waals surface area contributed by atoms with E-state index < -0.39 is 0 Å². The Morgan fingerprint density at radius 3 is 2.52 bits per heavy atom. The van der Waals surface area contributed by atoms with E-state index in [1.807, 2.05) is 31.2 Å². The van der Waals surface area contributed by atoms with Crippen molar-refractivity contribution in [1.82, 2.24) is 4.98 Å². The summed E-state index contributed by atoms with van der Waals surface area (Å²) in [6.07, 6.45) is 1.51. The molecular formula is C17H19ClN2O. The number of benzene rings is 1. The minimum atomic E-state index is -0.246. The van der Waals surface area contributed by atoms with Crippen LogP contribution in [0.3, 0.4) is 0 Å². The first-order chi connectivity index (χ1) is 9.79. The lowest BCUT2D eigenvalue weighted by molar-refractivity contribution is 0.102. The summed E-state index contributed by atoms with van der Waals surface area (Å²) in [7, 11) is 0. The first kappa shape index (κ1) is 15.5. The quantitative estimate of drug-likeness (QED) is 0.881. The second-order valence-corrected chi connectivity index (χ2v) is 6.46. The Morgan fingerprint density at radius 1 is 1.24 bits per heavy atom. The van der Waals surface area contributed by atoms with Crippen LogP contribution >= 0.6 is 11.6 Å². The lowest BCUT2D eigenvalue weighted by Gasteiger charge is -2.23. The number of halogens is 1. The number of amides is 1. The molecule has 1 aromatic carbocycles. The Balaban J connectivity index is 2.32. The van der Waals surface area contributed by atoms with Crippen LogP contribution in [0, 0.1) is 6.92 Å². The molecule has 0 aliphatic rings. The fraction of sp³-hybridized carbons (Fsp3) is 0.294. The summed E-state index contributed by atoms with van der Waals surface area (Å²) in [5, 5.41) is 3.34. The van der Waals surface area contributed by atoms with Crippen LogP contribution in [0.5, 0.6) is 0 Å². The van der Waals surface area contributed by atoms with Crippen LogP contribution in [0.25, 0.3) is 0 Å². The molecule has 21 heavy (non-hydrogen) atoms. The van der Waals surface area contributed by atoms with Gasteiger partial charge in [-0.15, -0.1) is 0 Å². The molecule has 1 N–H and O–H groups in total. The Labute approximate surface area is 130 Å². The topological polar surface area (TPSA) is 42.0 Å². The Kier molecular flexibility index (Phi) is 4.33. The first-order valence-electron chi connectivity index (χ1n) is 6.82. The first-order valence-corrected chi connectivity index (χ1v) is 7.20. The second kappa shape index (κ2) is 5.86. The van der Waals surface area contributed by atoms with E-state index in [0.717, 1.165) is 16.9 Å². The number of aryl methyl sites for hydroxylation is 1. The number of aromatic nitrogens is 1. The van der Waals surface area contributed by atoms with Crippen LogP contribution in [0.15, 0.2) is 36.5 Å². The van der Waals surface area contributed by atoms with E-state index in [1.54, 1.807) is 6.07 Å². The molecule has 0 spiro atoms. The van der Waals surface area contributed by atoms with Crippen LogP contribution < -0.4 is 5.32 Å². The van der Waals surface area contributed by atoms with Crippen LogP contribution in [-0.2, 0) is 5.41 Å². The van der Waals surface area contributed by atoms with E-state index in [1.165, 1.54) is 6.20 Å². The number of para-hydroxylation sites is 1. The van der Waals surface area contributed by atoms with Crippen molar-refractivity contribution < 1.29 is 4.79 Å². The molecule has 1 heterocycles. The lowest BCUT2D eigenvalue weighted by atomic mass is 9.86. The number of nitrogens with zero attached hydrogens (tertiary/aromatic N) is 1. The molecule has 0 aliphatic heterocycles. The summed E-state index contributed by atoms with van der Waals surface area (Å²) in [5.41, 5.74) is 2.98. The lowest BCUT2D eigenvalue weighted by Crippen LogP contribution is -2.19. The van der Waals surface area contributed by atoms with Gasteiger partial charge in [-0.05, 0) is 30.0 Å². The number of carbonyl (C=O) groups is 1. The zero-order chi connectivity index (χ0) is 15.6. The average Bonchev–Trinajstić information content (AvgIpc) is 2.37. The highest BCUT2D eigenvalue weighted by molar-refractivity contribution is 6.34. The monoisotopic (exact) mass is 302 g/mol. The van der Waals surface area contributed by atoms with Crippen molar-refractivity contribution in [3.8, 4) is 0 Å². The fourth-order valence-corrected chi connectivity index (χ4v) is 2.42. The molecule has 0 bridgehead atoms. The fourth-order valence-electron chi connectivity index (χ4n) is 2.13. The number of pyridine rings is 1. The van der Waals surface area contributed by atoms with E-state index >= 15 is 0 Å². The smallest absolute Gasteiger partial charge is 0.258 e. The molecule has 0 aliphatic carbocycles. The SMILES string of the molecule is Cc1cc(Cl)c(C(=O)Nc2ccccc2C(C)(C)C)cn1. The maximum Gasteiger partial charge on any atom is 0.258 e. The van der Waals surface area contributed by atoms with Crippen LogP contribution in [0.1, 0.15) is 42.4 Å². The van der Waals surface area contributed by atoms with Crippen LogP contribution in [-0.4, -0.2) is 10.9 Å². The van der Waals surface area contributed by atoms with Gasteiger partial charge in [0, 0.05) is 17.6 Å². The van der Waals surface area contributed by atoms with Crippen LogP contribution in [0.2, 0.25) is 5.02 Å². The molecule has 0 atom stereocenters. The number of anilines is 1. The molecule has 1 aromatic heterocycles. The largest absolute Gasteiger partial charge is 0.322 e. The van der Waals surface area contributed by atoms with E-state index in [2.05, 4.69) is 31.1 Å². The third-order valence-corrected chi connectivity index (χ3v) is 3.53. The summed E-state index contributed by atoms with van der Waals surface area (Å²) in [5.74, 6) is -0.246. The Bertz CT molecular complexity index is 675. The molecule has 2 aromatic rings. The summed E-state index contributed by atoms with van der Waals surface area (Å²) < 4.78 is 0. The number of rotatable bonds is 2. The van der Waals surface area contributed by atoms with E-state index in [4.69, 9.17) is 11.6 Å². The van der Waals surface area contributed by atoms with Crippen molar-refractivity contribution in [2.24, 2.45) is 0 Å². The standard InChI is InChI=1S/C17H19ClN2O/c1-11-9-14(18)12(10-19-11)16(21)20-15-8-6-5-7-13(15)17(2,3)4/h5-10H,1-4H3,(H,20,21). The summed E-state index contributed by atoms with van der Waals surface area (Å²) >= 11 is 6.12. The highest BCUT2D eigenvalue weighted by Gasteiger charge is 2.19. The zero-order valence-corrected chi connectivity index (χ0v) is 13.5. The Hall–Kier alpha value is -1.87. The normalized spacial score (nSPS) is 11.3. The molecule has 0 fully saturated rings. The van der Waals surface area contributed by atoms with E-state index in [-0.39, 0.29) is 11.3 Å². The third-order valence-electron chi connectivity index (χ3n) is 3.22. The van der Waals surface area contributed by atoms with Gasteiger partial charge in [-0.1, -0.05) is 50.6 Å². The van der Waals surface area contributed by atoms with Gasteiger partial charge in [-0.2, -0.15) is 0 Å². The maximum atomic E-state index is 12.4. The molecule has 2 rings (SSSR count). The van der Waals surface area contributed by atoms with Crippen molar-refractivity contribution in [2.45, 2.75) is 33.1 Å². The predicted molar refractivity (Wildman–Crippen MR) is 87.1 cm³/mol. The van der Waals surface area contributed by atoms with Crippen molar-refractivity contribution in [1.29, 1.82) is 0 Å². The van der Waals surface area contributed by atoms with Crippen molar-refractivity contribution in [2.75, 3.05) is 5.32 Å². The number of hydrogen-bond donors (Lipinski definition) is 1. The van der Waals surface area contributed by atoms with Gasteiger partial charge in [0.15, 0.2) is 0 Å². The molecule has 0 saturated carbocycles. The highest BCUT2D eigenvalue weighted by Crippen LogP contribution is 2.29. The molecule has 110 valence electrons. The number of hydrogen-bond acceptors (Lipinski definition) is 2. The van der Waals surface area contributed by atoms with Gasteiger partial charge in [0.05, 0.1) is 10.6 Å². The molecular weight excluding hydrogens is 284 g/mol. The van der Waals surface area contributed by atoms with Crippen molar-refractivity contribution in [3.05, 3.63) is 58.4 Å². The van der Waals surface area contributed by atoms with Gasteiger partial charge in [-0.25, -0.2) is 0 Å². The minimum absolute atomic E-state index is 0.0564. The Morgan fingerprint density at radius 2 is 1.90 bits per heavy atom. The predicted octanol–water partition coefficient (Wildman–Crippen LogP) is 4.59. The van der Waals surface area contributed by atoms with E-state index in [9.17, 15) is 4.79 Å². The minimum Gasteiger partial charge on any atom is -0.322 e. The van der Waals surface area contributed by atoms with Gasteiger partial charge in [0.2, 0.25) is 0 Å². The maximum absolute atomic E-state index is 12.4. The van der Waals surface area contributed by atoms with E-state index in [0.29, 0.717) is 10.6 Å².